The van der Waals surface area contributed by atoms with Crippen LogP contribution in [0.2, 0.25) is 0 Å². The second-order valence-corrected chi connectivity index (χ2v) is 5.49. The van der Waals surface area contributed by atoms with Crippen LogP contribution in [0.15, 0.2) is 4.34 Å². The largest absolute Gasteiger partial charge is 0.327 e. The predicted octanol–water partition coefficient (Wildman–Crippen LogP) is 2.31. The van der Waals surface area contributed by atoms with Crippen LogP contribution < -0.4 is 5.73 Å². The Bertz CT molecular complexity index is 275. The molecule has 2 atom stereocenters. The monoisotopic (exact) mass is 231 g/mol. The summed E-state index contributed by atoms with van der Waals surface area (Å²) in [6.07, 6.45) is 1.14. The van der Waals surface area contributed by atoms with E-state index in [1.807, 2.05) is 6.92 Å². The van der Waals surface area contributed by atoms with Crippen LogP contribution in [-0.4, -0.2) is 21.2 Å². The molecule has 0 saturated heterocycles. The van der Waals surface area contributed by atoms with Crippen molar-refractivity contribution >= 4 is 23.3 Å². The molecular weight excluding hydrogens is 214 g/mol. The van der Waals surface area contributed by atoms with Crippen molar-refractivity contribution < 1.29 is 0 Å². The van der Waals surface area contributed by atoms with Gasteiger partial charge in [-0.25, -0.2) is 4.98 Å². The van der Waals surface area contributed by atoms with Crippen molar-refractivity contribution in [3.05, 3.63) is 5.82 Å². The van der Waals surface area contributed by atoms with Gasteiger partial charge >= 0.3 is 0 Å². The Hall–Kier alpha value is -0.130. The molecule has 1 aromatic rings. The summed E-state index contributed by atoms with van der Waals surface area (Å²) in [6, 6.07) is 0.259. The second-order valence-electron chi connectivity index (χ2n) is 3.47. The SMILES string of the molecule is CCC(C)C(N)CSc1nc(C)ns1. The lowest BCUT2D eigenvalue weighted by molar-refractivity contribution is 0.475. The average Bonchev–Trinajstić information content (AvgIpc) is 2.59. The Morgan fingerprint density at radius 2 is 2.29 bits per heavy atom. The van der Waals surface area contributed by atoms with Crippen LogP contribution >= 0.6 is 23.3 Å². The van der Waals surface area contributed by atoms with Gasteiger partial charge in [0.1, 0.15) is 5.82 Å². The van der Waals surface area contributed by atoms with Crippen molar-refractivity contribution in [3.8, 4) is 0 Å². The first-order chi connectivity index (χ1) is 6.63. The normalized spacial score (nSPS) is 15.4. The number of rotatable bonds is 5. The molecule has 0 spiro atoms. The third-order valence-electron chi connectivity index (χ3n) is 2.28. The van der Waals surface area contributed by atoms with Crippen LogP contribution in [0, 0.1) is 12.8 Å². The maximum absolute atomic E-state index is 6.02. The number of aromatic nitrogens is 2. The molecule has 80 valence electrons. The minimum atomic E-state index is 0.259. The molecule has 1 rings (SSSR count). The van der Waals surface area contributed by atoms with E-state index in [2.05, 4.69) is 23.2 Å². The fraction of sp³-hybridized carbons (Fsp3) is 0.778. The predicted molar refractivity (Wildman–Crippen MR) is 62.8 cm³/mol. The number of aryl methyl sites for hydroxylation is 1. The third-order valence-corrected chi connectivity index (χ3v) is 4.35. The highest BCUT2D eigenvalue weighted by atomic mass is 32.2. The molecule has 0 aliphatic rings. The molecule has 2 N–H and O–H groups in total. The standard InChI is InChI=1S/C9H17N3S2/c1-4-6(2)8(10)5-13-9-11-7(3)12-14-9/h6,8H,4-5,10H2,1-3H3. The van der Waals surface area contributed by atoms with E-state index in [0.29, 0.717) is 5.92 Å². The van der Waals surface area contributed by atoms with Gasteiger partial charge in [0.25, 0.3) is 0 Å². The van der Waals surface area contributed by atoms with Crippen LogP contribution in [0.4, 0.5) is 0 Å². The summed E-state index contributed by atoms with van der Waals surface area (Å²) in [5.41, 5.74) is 6.02. The number of thioether (sulfide) groups is 1. The lowest BCUT2D eigenvalue weighted by Gasteiger charge is -2.16. The van der Waals surface area contributed by atoms with E-state index in [9.17, 15) is 0 Å². The molecule has 0 fully saturated rings. The highest BCUT2D eigenvalue weighted by molar-refractivity contribution is 8.00. The zero-order valence-corrected chi connectivity index (χ0v) is 10.5. The van der Waals surface area contributed by atoms with E-state index in [-0.39, 0.29) is 6.04 Å². The number of nitrogens with zero attached hydrogens (tertiary/aromatic N) is 2. The van der Waals surface area contributed by atoms with Gasteiger partial charge in [0.2, 0.25) is 0 Å². The van der Waals surface area contributed by atoms with Gasteiger partial charge in [0, 0.05) is 11.8 Å². The average molecular weight is 231 g/mol. The van der Waals surface area contributed by atoms with Crippen LogP contribution in [0.5, 0.6) is 0 Å². The molecule has 0 amide bonds. The molecular formula is C9H17N3S2. The van der Waals surface area contributed by atoms with E-state index in [0.717, 1.165) is 22.3 Å². The number of hydrogen-bond acceptors (Lipinski definition) is 5. The van der Waals surface area contributed by atoms with Crippen LogP contribution in [0.3, 0.4) is 0 Å². The van der Waals surface area contributed by atoms with E-state index in [1.54, 1.807) is 11.8 Å². The van der Waals surface area contributed by atoms with Gasteiger partial charge in [-0.2, -0.15) is 4.37 Å². The van der Waals surface area contributed by atoms with E-state index < -0.39 is 0 Å². The number of hydrogen-bond donors (Lipinski definition) is 1. The Kier molecular flexibility index (Phi) is 4.84. The highest BCUT2D eigenvalue weighted by Gasteiger charge is 2.12. The lowest BCUT2D eigenvalue weighted by atomic mass is 10.0. The van der Waals surface area contributed by atoms with Crippen molar-refractivity contribution in [3.63, 3.8) is 0 Å². The summed E-state index contributed by atoms with van der Waals surface area (Å²) in [5.74, 6) is 2.37. The van der Waals surface area contributed by atoms with E-state index in [1.165, 1.54) is 11.5 Å². The summed E-state index contributed by atoms with van der Waals surface area (Å²) in [4.78, 5) is 4.28. The molecule has 0 aliphatic heterocycles. The highest BCUT2D eigenvalue weighted by Crippen LogP contribution is 2.22. The van der Waals surface area contributed by atoms with Crippen molar-refractivity contribution in [2.24, 2.45) is 11.7 Å². The lowest BCUT2D eigenvalue weighted by Crippen LogP contribution is -2.30. The smallest absolute Gasteiger partial charge is 0.170 e. The molecule has 0 bridgehead atoms. The van der Waals surface area contributed by atoms with Crippen molar-refractivity contribution in [1.82, 2.24) is 9.36 Å². The van der Waals surface area contributed by atoms with Gasteiger partial charge < -0.3 is 5.73 Å². The summed E-state index contributed by atoms with van der Waals surface area (Å²) in [7, 11) is 0. The fourth-order valence-corrected chi connectivity index (χ4v) is 2.78. The Labute approximate surface area is 93.7 Å². The van der Waals surface area contributed by atoms with E-state index in [4.69, 9.17) is 5.73 Å². The molecule has 3 nitrogen and oxygen atoms in total. The van der Waals surface area contributed by atoms with Crippen LogP contribution in [-0.2, 0) is 0 Å². The third kappa shape index (κ3) is 3.55. The van der Waals surface area contributed by atoms with Gasteiger partial charge in [0.15, 0.2) is 4.34 Å². The fourth-order valence-electron chi connectivity index (χ4n) is 0.971. The van der Waals surface area contributed by atoms with Gasteiger partial charge in [-0.3, -0.25) is 0 Å². The maximum Gasteiger partial charge on any atom is 0.170 e. The van der Waals surface area contributed by atoms with Crippen molar-refractivity contribution in [1.29, 1.82) is 0 Å². The summed E-state index contributed by atoms with van der Waals surface area (Å²) < 4.78 is 5.16. The first-order valence-corrected chi connectivity index (χ1v) is 6.58. The minimum absolute atomic E-state index is 0.259. The maximum atomic E-state index is 6.02. The molecule has 0 saturated carbocycles. The second kappa shape index (κ2) is 5.68. The molecule has 2 unspecified atom stereocenters. The van der Waals surface area contributed by atoms with Gasteiger partial charge in [-0.15, -0.1) is 0 Å². The zero-order valence-electron chi connectivity index (χ0n) is 8.86. The first kappa shape index (κ1) is 11.9. The van der Waals surface area contributed by atoms with Crippen molar-refractivity contribution in [2.45, 2.75) is 37.6 Å². The van der Waals surface area contributed by atoms with Crippen molar-refractivity contribution in [2.75, 3.05) is 5.75 Å². The quantitative estimate of drug-likeness (QED) is 0.790. The van der Waals surface area contributed by atoms with Crippen LogP contribution in [0.25, 0.3) is 0 Å². The molecule has 5 heteroatoms. The summed E-state index contributed by atoms with van der Waals surface area (Å²) in [5, 5.41) is 0. The summed E-state index contributed by atoms with van der Waals surface area (Å²) >= 11 is 3.17. The van der Waals surface area contributed by atoms with Crippen LogP contribution in [0.1, 0.15) is 26.1 Å². The van der Waals surface area contributed by atoms with Gasteiger partial charge in [-0.1, -0.05) is 32.0 Å². The Morgan fingerprint density at radius 1 is 1.57 bits per heavy atom. The van der Waals surface area contributed by atoms with Gasteiger partial charge in [0.05, 0.1) is 0 Å². The molecule has 1 heterocycles. The Morgan fingerprint density at radius 3 is 2.79 bits per heavy atom. The first-order valence-electron chi connectivity index (χ1n) is 4.82. The molecule has 1 aromatic heterocycles. The topological polar surface area (TPSA) is 51.8 Å². The Balaban J connectivity index is 2.33. The minimum Gasteiger partial charge on any atom is -0.327 e. The summed E-state index contributed by atoms with van der Waals surface area (Å²) in [6.45, 7) is 6.27. The van der Waals surface area contributed by atoms with Gasteiger partial charge in [-0.05, 0) is 24.4 Å². The van der Waals surface area contributed by atoms with E-state index >= 15 is 0 Å². The number of nitrogens with two attached hydrogens (primary N) is 1. The zero-order chi connectivity index (χ0) is 10.6. The molecule has 0 radical (unpaired) electrons. The molecule has 0 aromatic carbocycles. The molecule has 0 aliphatic carbocycles. The molecule has 14 heavy (non-hydrogen) atoms.